The molecule has 0 spiro atoms. The second-order valence-electron chi connectivity index (χ2n) is 11.6. The summed E-state index contributed by atoms with van der Waals surface area (Å²) < 4.78 is 60.2. The molecule has 0 radical (unpaired) electrons. The Kier molecular flexibility index (Phi) is 18.0. The first-order valence-electron chi connectivity index (χ1n) is 16.2. The van der Waals surface area contributed by atoms with E-state index in [1.807, 2.05) is 23.6 Å². The quantitative estimate of drug-likeness (QED) is 0.0356. The van der Waals surface area contributed by atoms with Crippen LogP contribution in [0.3, 0.4) is 0 Å². The molecule has 55 heavy (non-hydrogen) atoms. The molecule has 0 bridgehead atoms. The number of alkyl halides is 4. The van der Waals surface area contributed by atoms with Crippen molar-refractivity contribution in [1.29, 1.82) is 0 Å². The SMILES string of the molecule is Cc1cc(OS(=O)(=O)C(C)c2ccsc2[N+](=O)[O-])ccc1N(CCCl)CCCl.Cc1cc(OS(=O)(=O)Cc2ccsc2[N+](=O)[O-])ccc1N(CCCl)CCCl. The first-order valence-corrected chi connectivity index (χ1v) is 23.2. The first-order chi connectivity index (χ1) is 26.0. The maximum Gasteiger partial charge on any atom is 0.328 e. The molecule has 1 atom stereocenters. The largest absolute Gasteiger partial charge is 0.382 e. The second-order valence-corrected chi connectivity index (χ2v) is 18.3. The van der Waals surface area contributed by atoms with Crippen LogP contribution in [-0.2, 0) is 26.0 Å². The molecule has 2 heterocycles. The topological polar surface area (TPSA) is 180 Å². The Hall–Kier alpha value is -3.10. The molecular formula is C33H38Cl4N4O10S4. The zero-order valence-corrected chi connectivity index (χ0v) is 36.0. The van der Waals surface area contributed by atoms with Crippen molar-refractivity contribution in [3.63, 3.8) is 0 Å². The molecule has 0 aliphatic carbocycles. The molecule has 0 saturated carbocycles. The van der Waals surface area contributed by atoms with E-state index in [4.69, 9.17) is 54.8 Å². The van der Waals surface area contributed by atoms with Crippen molar-refractivity contribution in [1.82, 2.24) is 0 Å². The minimum Gasteiger partial charge on any atom is -0.382 e. The van der Waals surface area contributed by atoms with Gasteiger partial charge in [-0.25, -0.2) is 0 Å². The number of halogens is 4. The Morgan fingerprint density at radius 3 is 1.56 bits per heavy atom. The lowest BCUT2D eigenvalue weighted by atomic mass is 10.1. The number of benzene rings is 2. The van der Waals surface area contributed by atoms with E-state index in [0.717, 1.165) is 45.2 Å². The van der Waals surface area contributed by atoms with E-state index >= 15 is 0 Å². The fraction of sp³-hybridized carbons (Fsp3) is 0.394. The molecule has 0 fully saturated rings. The van der Waals surface area contributed by atoms with Gasteiger partial charge in [-0.2, -0.15) is 16.8 Å². The normalized spacial score (nSPS) is 12.0. The third kappa shape index (κ3) is 13.2. The summed E-state index contributed by atoms with van der Waals surface area (Å²) in [5.41, 5.74) is 3.59. The molecule has 2 aromatic heterocycles. The van der Waals surface area contributed by atoms with Gasteiger partial charge in [-0.05, 0) is 91.2 Å². The van der Waals surface area contributed by atoms with Crippen LogP contribution >= 0.6 is 69.1 Å². The highest BCUT2D eigenvalue weighted by molar-refractivity contribution is 7.87. The van der Waals surface area contributed by atoms with Crippen molar-refractivity contribution in [3.05, 3.63) is 102 Å². The zero-order chi connectivity index (χ0) is 40.9. The van der Waals surface area contributed by atoms with E-state index in [1.54, 1.807) is 30.3 Å². The third-order valence-electron chi connectivity index (χ3n) is 7.80. The number of hydrogen-bond acceptors (Lipinski definition) is 14. The van der Waals surface area contributed by atoms with Crippen LogP contribution in [0.5, 0.6) is 11.5 Å². The fourth-order valence-electron chi connectivity index (χ4n) is 5.28. The number of rotatable bonds is 20. The Bertz CT molecular complexity index is 2120. The maximum atomic E-state index is 12.6. The number of nitrogens with zero attached hydrogens (tertiary/aromatic N) is 4. The first kappa shape index (κ1) is 46.3. The smallest absolute Gasteiger partial charge is 0.328 e. The highest BCUT2D eigenvalue weighted by Crippen LogP contribution is 2.36. The minimum atomic E-state index is -4.12. The highest BCUT2D eigenvalue weighted by Gasteiger charge is 2.32. The molecular weight excluding hydrogens is 882 g/mol. The molecule has 0 aliphatic heterocycles. The molecule has 0 N–H and O–H groups in total. The Labute approximate surface area is 348 Å². The lowest BCUT2D eigenvalue weighted by Gasteiger charge is -2.25. The second kappa shape index (κ2) is 21.4. The van der Waals surface area contributed by atoms with Crippen LogP contribution in [0.2, 0.25) is 0 Å². The van der Waals surface area contributed by atoms with Gasteiger partial charge >= 0.3 is 30.2 Å². The molecule has 0 saturated heterocycles. The van der Waals surface area contributed by atoms with Crippen molar-refractivity contribution in [2.45, 2.75) is 31.8 Å². The summed E-state index contributed by atoms with van der Waals surface area (Å²) in [7, 11) is -8.15. The lowest BCUT2D eigenvalue weighted by molar-refractivity contribution is -0.380. The van der Waals surface area contributed by atoms with Gasteiger partial charge in [0.15, 0.2) is 0 Å². The monoisotopic (exact) mass is 918 g/mol. The van der Waals surface area contributed by atoms with Gasteiger partial charge in [-0.3, -0.25) is 20.2 Å². The summed E-state index contributed by atoms with van der Waals surface area (Å²) in [6, 6.07) is 12.6. The van der Waals surface area contributed by atoms with Crippen molar-refractivity contribution in [2.24, 2.45) is 0 Å². The Morgan fingerprint density at radius 1 is 0.691 bits per heavy atom. The molecule has 0 aliphatic rings. The molecule has 2 aromatic carbocycles. The standard InChI is InChI=1S/C17H20Cl2N2O5S2.C16H18Cl2N2O5S2/c1-12-11-14(3-4-16(12)20(8-6-18)9-7-19)26-28(24,25)13(2)15-5-10-27-17(15)21(22)23;1-12-10-14(2-3-15(12)19(7-5-17)8-6-18)25-27(23,24)11-13-4-9-26-16(13)20(21)22/h3-5,10-11,13H,6-9H2,1-2H3;2-4,9-10H,5-8,11H2,1H3. The van der Waals surface area contributed by atoms with Crippen LogP contribution in [0.1, 0.15) is 34.4 Å². The van der Waals surface area contributed by atoms with E-state index in [-0.39, 0.29) is 32.6 Å². The summed E-state index contributed by atoms with van der Waals surface area (Å²) in [5.74, 6) is 1.44. The van der Waals surface area contributed by atoms with E-state index in [2.05, 4.69) is 0 Å². The number of anilines is 2. The molecule has 4 aromatic rings. The summed E-state index contributed by atoms with van der Waals surface area (Å²) in [6.07, 6.45) is 0. The number of hydrogen-bond donors (Lipinski definition) is 0. The van der Waals surface area contributed by atoms with Crippen molar-refractivity contribution >= 4 is 111 Å². The number of thiophene rings is 2. The predicted octanol–water partition coefficient (Wildman–Crippen LogP) is 8.88. The van der Waals surface area contributed by atoms with Gasteiger partial charge in [-0.15, -0.1) is 46.4 Å². The maximum absolute atomic E-state index is 12.6. The van der Waals surface area contributed by atoms with Crippen molar-refractivity contribution in [2.75, 3.05) is 59.5 Å². The van der Waals surface area contributed by atoms with Crippen LogP contribution in [0, 0.1) is 34.1 Å². The summed E-state index contributed by atoms with van der Waals surface area (Å²) in [5, 5.41) is 23.4. The minimum absolute atomic E-state index is 0.105. The van der Waals surface area contributed by atoms with Crippen LogP contribution in [0.25, 0.3) is 0 Å². The Morgan fingerprint density at radius 2 is 1.13 bits per heavy atom. The molecule has 1 unspecified atom stereocenters. The lowest BCUT2D eigenvalue weighted by Crippen LogP contribution is -2.28. The van der Waals surface area contributed by atoms with E-state index in [0.29, 0.717) is 49.7 Å². The summed E-state index contributed by atoms with van der Waals surface area (Å²) in [6.45, 7) is 7.45. The van der Waals surface area contributed by atoms with Gasteiger partial charge in [0, 0.05) is 61.1 Å². The van der Waals surface area contributed by atoms with Crippen molar-refractivity contribution in [3.8, 4) is 11.5 Å². The summed E-state index contributed by atoms with van der Waals surface area (Å²) in [4.78, 5) is 24.8. The van der Waals surface area contributed by atoms with E-state index in [9.17, 15) is 37.1 Å². The zero-order valence-electron chi connectivity index (χ0n) is 29.7. The number of nitro groups is 2. The van der Waals surface area contributed by atoms with E-state index < -0.39 is 41.1 Å². The van der Waals surface area contributed by atoms with Gasteiger partial charge in [-0.1, -0.05) is 22.7 Å². The van der Waals surface area contributed by atoms with Crippen molar-refractivity contribution < 1.29 is 35.0 Å². The fourth-order valence-corrected chi connectivity index (χ4v) is 9.90. The Balaban J connectivity index is 0.000000296. The van der Waals surface area contributed by atoms with Crippen LogP contribution in [0.15, 0.2) is 59.3 Å². The highest BCUT2D eigenvalue weighted by atomic mass is 35.5. The third-order valence-corrected chi connectivity index (χ3v) is 12.9. The van der Waals surface area contributed by atoms with Gasteiger partial charge in [0.25, 0.3) is 0 Å². The average molecular weight is 921 g/mol. The molecule has 14 nitrogen and oxygen atoms in total. The van der Waals surface area contributed by atoms with Crippen LogP contribution in [-0.4, -0.2) is 76.4 Å². The van der Waals surface area contributed by atoms with Crippen LogP contribution < -0.4 is 18.2 Å². The van der Waals surface area contributed by atoms with Gasteiger partial charge < -0.3 is 18.2 Å². The van der Waals surface area contributed by atoms with Crippen LogP contribution in [0.4, 0.5) is 21.4 Å². The van der Waals surface area contributed by atoms with Gasteiger partial charge in [0.2, 0.25) is 0 Å². The van der Waals surface area contributed by atoms with Gasteiger partial charge in [0.05, 0.1) is 21.0 Å². The average Bonchev–Trinajstić information content (AvgIpc) is 3.78. The molecule has 22 heteroatoms. The summed E-state index contributed by atoms with van der Waals surface area (Å²) >= 11 is 25.1. The number of aryl methyl sites for hydroxylation is 2. The molecule has 4 rings (SSSR count). The predicted molar refractivity (Wildman–Crippen MR) is 223 cm³/mol. The molecule has 0 amide bonds. The molecule has 302 valence electrons. The van der Waals surface area contributed by atoms with Gasteiger partial charge in [0.1, 0.15) is 22.5 Å². The van der Waals surface area contributed by atoms with E-state index in [1.165, 1.54) is 35.9 Å².